The molecule has 1 aromatic carbocycles. The number of imide groups is 1. The maximum atomic E-state index is 13.0. The van der Waals surface area contributed by atoms with Crippen LogP contribution >= 0.6 is 39.1 Å². The Morgan fingerprint density at radius 2 is 2.11 bits per heavy atom. The summed E-state index contributed by atoms with van der Waals surface area (Å²) in [6.45, 7) is 3.80. The number of amides is 2. The summed E-state index contributed by atoms with van der Waals surface area (Å²) in [7, 11) is 1.45. The molecule has 1 aliphatic heterocycles. The molecule has 5 nitrogen and oxygen atoms in total. The van der Waals surface area contributed by atoms with Gasteiger partial charge >= 0.3 is 0 Å². The van der Waals surface area contributed by atoms with Gasteiger partial charge in [-0.3, -0.25) is 14.5 Å². The summed E-state index contributed by atoms with van der Waals surface area (Å²) in [5, 5.41) is 9.75. The number of carbonyl (C=O) groups is 2. The number of rotatable bonds is 5. The fraction of sp³-hybridized carbons (Fsp3) is 0.300. The van der Waals surface area contributed by atoms with Gasteiger partial charge in [-0.2, -0.15) is 0 Å². The molecule has 1 fully saturated rings. The van der Waals surface area contributed by atoms with Crippen LogP contribution in [-0.4, -0.2) is 44.1 Å². The van der Waals surface area contributed by atoms with Crippen molar-refractivity contribution < 1.29 is 19.4 Å². The van der Waals surface area contributed by atoms with Gasteiger partial charge in [0.2, 0.25) is 0 Å². The van der Waals surface area contributed by atoms with E-state index in [0.717, 1.165) is 10.5 Å². The maximum Gasteiger partial charge on any atom is 0.254 e. The van der Waals surface area contributed by atoms with Crippen LogP contribution in [-0.2, 0) is 9.59 Å². The lowest BCUT2D eigenvalue weighted by Gasteiger charge is -2.40. The highest BCUT2D eigenvalue weighted by atomic mass is 79.9. The van der Waals surface area contributed by atoms with Crippen LogP contribution in [0.15, 0.2) is 48.6 Å². The van der Waals surface area contributed by atoms with Crippen molar-refractivity contribution >= 4 is 57.0 Å². The van der Waals surface area contributed by atoms with Crippen LogP contribution in [0, 0.1) is 5.92 Å². The molecule has 0 aromatic heterocycles. The van der Waals surface area contributed by atoms with Crippen molar-refractivity contribution in [2.24, 2.45) is 5.92 Å². The first-order valence-corrected chi connectivity index (χ1v) is 10.3. The second-order valence-electron chi connectivity index (χ2n) is 6.55. The first-order chi connectivity index (χ1) is 13.2. The molecule has 3 unspecified atom stereocenters. The van der Waals surface area contributed by atoms with Gasteiger partial charge < -0.3 is 9.84 Å². The molecule has 3 rings (SSSR count). The summed E-state index contributed by atoms with van der Waals surface area (Å²) in [5.41, 5.74) is 1.45. The van der Waals surface area contributed by atoms with E-state index in [2.05, 4.69) is 22.5 Å². The van der Waals surface area contributed by atoms with Crippen molar-refractivity contribution in [3.63, 3.8) is 0 Å². The standard InChI is InChI=1S/C20H18BrCl2NO4/c1-3-13-8-9-19(22)17(26)24(11-21)18(27)20(19,23)14(13)6-4-12-5-7-15(25)16(10-12)28-2/h3-8,10,14,25H,1,9,11H2,2H3. The van der Waals surface area contributed by atoms with Gasteiger partial charge in [0.25, 0.3) is 11.8 Å². The zero-order valence-corrected chi connectivity index (χ0v) is 18.1. The Labute approximate surface area is 181 Å². The Morgan fingerprint density at radius 1 is 1.39 bits per heavy atom. The minimum absolute atomic E-state index is 0.0158. The van der Waals surface area contributed by atoms with Crippen LogP contribution < -0.4 is 4.74 Å². The fourth-order valence-electron chi connectivity index (χ4n) is 3.63. The smallest absolute Gasteiger partial charge is 0.254 e. The van der Waals surface area contributed by atoms with Crippen LogP contribution in [0.3, 0.4) is 0 Å². The van der Waals surface area contributed by atoms with Crippen molar-refractivity contribution in [2.75, 3.05) is 12.6 Å². The van der Waals surface area contributed by atoms with E-state index in [4.69, 9.17) is 27.9 Å². The van der Waals surface area contributed by atoms with Gasteiger partial charge in [-0.1, -0.05) is 52.9 Å². The van der Waals surface area contributed by atoms with Crippen molar-refractivity contribution in [1.29, 1.82) is 0 Å². The van der Waals surface area contributed by atoms with Gasteiger partial charge in [0.05, 0.1) is 12.6 Å². The maximum absolute atomic E-state index is 13.0. The summed E-state index contributed by atoms with van der Waals surface area (Å²) in [4.78, 5) is 23.6. The van der Waals surface area contributed by atoms with Crippen molar-refractivity contribution in [1.82, 2.24) is 4.90 Å². The average molecular weight is 487 g/mol. The summed E-state index contributed by atoms with van der Waals surface area (Å²) in [5.74, 6) is -1.40. The van der Waals surface area contributed by atoms with Gasteiger partial charge in [-0.05, 0) is 29.7 Å². The summed E-state index contributed by atoms with van der Waals surface area (Å²) >= 11 is 16.7. The molecule has 1 saturated heterocycles. The highest BCUT2D eigenvalue weighted by molar-refractivity contribution is 9.09. The minimum Gasteiger partial charge on any atom is -0.504 e. The van der Waals surface area contributed by atoms with Crippen LogP contribution in [0.5, 0.6) is 11.5 Å². The molecule has 0 saturated carbocycles. The van der Waals surface area contributed by atoms with E-state index < -0.39 is 27.5 Å². The number of likely N-dealkylation sites (tertiary alicyclic amines) is 1. The Morgan fingerprint density at radius 3 is 2.71 bits per heavy atom. The first kappa shape index (κ1) is 21.0. The zero-order chi connectivity index (χ0) is 20.7. The third-order valence-electron chi connectivity index (χ3n) is 5.16. The lowest BCUT2D eigenvalue weighted by Crippen LogP contribution is -2.55. The molecule has 1 aromatic rings. The number of hydrogen-bond acceptors (Lipinski definition) is 4. The largest absolute Gasteiger partial charge is 0.504 e. The normalized spacial score (nSPS) is 29.8. The van der Waals surface area contributed by atoms with Gasteiger partial charge in [0.15, 0.2) is 21.2 Å². The second-order valence-corrected chi connectivity index (χ2v) is 8.29. The number of benzene rings is 1. The van der Waals surface area contributed by atoms with E-state index in [0.29, 0.717) is 11.3 Å². The van der Waals surface area contributed by atoms with Crippen LogP contribution in [0.2, 0.25) is 0 Å². The van der Waals surface area contributed by atoms with E-state index in [-0.39, 0.29) is 17.6 Å². The van der Waals surface area contributed by atoms with E-state index >= 15 is 0 Å². The number of phenols is 1. The summed E-state index contributed by atoms with van der Waals surface area (Å²) in [6, 6.07) is 4.84. The second kappa shape index (κ2) is 7.58. The van der Waals surface area contributed by atoms with Crippen molar-refractivity contribution in [2.45, 2.75) is 16.2 Å². The molecular formula is C20H18BrCl2NO4. The third kappa shape index (κ3) is 2.90. The molecule has 0 bridgehead atoms. The highest BCUT2D eigenvalue weighted by Crippen LogP contribution is 2.56. The van der Waals surface area contributed by atoms with E-state index in [1.165, 1.54) is 13.2 Å². The van der Waals surface area contributed by atoms with Crippen LogP contribution in [0.4, 0.5) is 0 Å². The Balaban J connectivity index is 2.08. The molecule has 1 aliphatic carbocycles. The molecular weight excluding hydrogens is 469 g/mol. The number of hydrogen-bond donors (Lipinski definition) is 1. The molecule has 28 heavy (non-hydrogen) atoms. The van der Waals surface area contributed by atoms with Crippen LogP contribution in [0.25, 0.3) is 6.08 Å². The Bertz CT molecular complexity index is 915. The molecule has 0 spiro atoms. The molecule has 1 heterocycles. The number of phenolic OH excluding ortho intramolecular Hbond substituents is 1. The highest BCUT2D eigenvalue weighted by Gasteiger charge is 2.71. The number of ether oxygens (including phenoxy) is 1. The van der Waals surface area contributed by atoms with Crippen molar-refractivity contribution in [3.8, 4) is 11.5 Å². The number of allylic oxidation sites excluding steroid dienone is 4. The lowest BCUT2D eigenvalue weighted by atomic mass is 9.71. The molecule has 148 valence electrons. The monoisotopic (exact) mass is 485 g/mol. The Kier molecular flexibility index (Phi) is 5.67. The fourth-order valence-corrected chi connectivity index (χ4v) is 4.92. The van der Waals surface area contributed by atoms with Gasteiger partial charge in [-0.15, -0.1) is 23.2 Å². The predicted octanol–water partition coefficient (Wildman–Crippen LogP) is 4.22. The number of carbonyl (C=O) groups excluding carboxylic acids is 2. The molecule has 2 amide bonds. The lowest BCUT2D eigenvalue weighted by molar-refractivity contribution is -0.138. The minimum atomic E-state index is -1.67. The van der Waals surface area contributed by atoms with Gasteiger partial charge in [-0.25, -0.2) is 0 Å². The number of aromatic hydroxyl groups is 1. The molecule has 8 heteroatoms. The predicted molar refractivity (Wildman–Crippen MR) is 113 cm³/mol. The van der Waals surface area contributed by atoms with Crippen molar-refractivity contribution in [3.05, 3.63) is 54.1 Å². The van der Waals surface area contributed by atoms with E-state index in [1.54, 1.807) is 36.4 Å². The summed E-state index contributed by atoms with van der Waals surface area (Å²) in [6.07, 6.45) is 7.00. The number of alkyl halides is 3. The average Bonchev–Trinajstić information content (AvgIpc) is 2.84. The van der Waals surface area contributed by atoms with Gasteiger partial charge in [0.1, 0.15) is 0 Å². The molecule has 3 atom stereocenters. The quantitative estimate of drug-likeness (QED) is 0.384. The summed E-state index contributed by atoms with van der Waals surface area (Å²) < 4.78 is 5.12. The zero-order valence-electron chi connectivity index (χ0n) is 15.0. The van der Waals surface area contributed by atoms with E-state index in [9.17, 15) is 14.7 Å². The number of nitrogens with zero attached hydrogens (tertiary/aromatic N) is 1. The molecule has 0 radical (unpaired) electrons. The number of methoxy groups -OCH3 is 1. The topological polar surface area (TPSA) is 66.8 Å². The third-order valence-corrected chi connectivity index (χ3v) is 7.10. The van der Waals surface area contributed by atoms with Gasteiger partial charge in [0, 0.05) is 5.92 Å². The van der Waals surface area contributed by atoms with Crippen LogP contribution in [0.1, 0.15) is 12.0 Å². The Hall–Kier alpha value is -1.76. The SMILES string of the molecule is C=CC1=CCC2(Cl)C(=O)N(CBr)C(=O)C2(Cl)C1C=Cc1ccc(O)c(OC)c1. The first-order valence-electron chi connectivity index (χ1n) is 8.42. The number of fused-ring (bicyclic) bond motifs is 1. The molecule has 1 N–H and O–H groups in total. The number of halogens is 3. The van der Waals surface area contributed by atoms with E-state index in [1.807, 2.05) is 0 Å². The molecule has 2 aliphatic rings.